The van der Waals surface area contributed by atoms with Crippen molar-refractivity contribution in [2.24, 2.45) is 0 Å². The van der Waals surface area contributed by atoms with Crippen LogP contribution in [0.1, 0.15) is 18.1 Å². The lowest BCUT2D eigenvalue weighted by Crippen LogP contribution is -2.32. The largest absolute Gasteiger partial charge is 0.508 e. The Bertz CT molecular complexity index is 296. The summed E-state index contributed by atoms with van der Waals surface area (Å²) in [5.41, 5.74) is 2.34. The fraction of sp³-hybridized carbons (Fsp3) is 0.400. The van der Waals surface area contributed by atoms with Gasteiger partial charge in [0.2, 0.25) is 0 Å². The molecule has 0 bridgehead atoms. The molecule has 2 nitrogen and oxygen atoms in total. The van der Waals surface area contributed by atoms with E-state index in [1.54, 1.807) is 6.07 Å². The van der Waals surface area contributed by atoms with Crippen LogP contribution in [0.2, 0.25) is 0 Å². The molecule has 0 aliphatic carbocycles. The van der Waals surface area contributed by atoms with Gasteiger partial charge in [-0.05, 0) is 25.0 Å². The molecule has 12 heavy (non-hydrogen) atoms. The van der Waals surface area contributed by atoms with Crippen LogP contribution >= 0.6 is 0 Å². The van der Waals surface area contributed by atoms with E-state index in [9.17, 15) is 5.11 Å². The summed E-state index contributed by atoms with van der Waals surface area (Å²) in [6.07, 6.45) is 1.02. The summed E-state index contributed by atoms with van der Waals surface area (Å²) in [6.45, 7) is 2.95. The number of rotatable bonds is 0. The fourth-order valence-electron chi connectivity index (χ4n) is 1.69. The van der Waals surface area contributed by atoms with E-state index in [4.69, 9.17) is 0 Å². The summed E-state index contributed by atoms with van der Waals surface area (Å²) >= 11 is 0. The average Bonchev–Trinajstić information content (AvgIpc) is 2.04. The highest BCUT2D eigenvalue weighted by atomic mass is 16.3. The normalized spacial score (nSPS) is 21.9. The second-order valence-electron chi connectivity index (χ2n) is 3.40. The van der Waals surface area contributed by atoms with E-state index in [0.29, 0.717) is 11.8 Å². The van der Waals surface area contributed by atoms with E-state index in [1.807, 2.05) is 6.07 Å². The Kier molecular flexibility index (Phi) is 1.77. The van der Waals surface area contributed by atoms with Crippen LogP contribution in [0.5, 0.6) is 5.75 Å². The van der Waals surface area contributed by atoms with E-state index in [-0.39, 0.29) is 0 Å². The SMILES string of the molecule is CC1Cc2cccc(O)c2CN1. The van der Waals surface area contributed by atoms with Crippen molar-refractivity contribution >= 4 is 0 Å². The zero-order valence-electron chi connectivity index (χ0n) is 7.17. The zero-order chi connectivity index (χ0) is 8.55. The van der Waals surface area contributed by atoms with E-state index in [0.717, 1.165) is 18.5 Å². The van der Waals surface area contributed by atoms with Gasteiger partial charge in [0.1, 0.15) is 5.75 Å². The van der Waals surface area contributed by atoms with Crippen LogP contribution in [0.4, 0.5) is 0 Å². The van der Waals surface area contributed by atoms with Crippen molar-refractivity contribution in [2.75, 3.05) is 0 Å². The number of benzene rings is 1. The molecule has 0 amide bonds. The molecule has 0 fully saturated rings. The molecule has 1 unspecified atom stereocenters. The predicted molar refractivity (Wildman–Crippen MR) is 48.1 cm³/mol. The highest BCUT2D eigenvalue weighted by molar-refractivity contribution is 5.40. The second kappa shape index (κ2) is 2.79. The lowest BCUT2D eigenvalue weighted by molar-refractivity contribution is 0.444. The van der Waals surface area contributed by atoms with Crippen molar-refractivity contribution in [1.29, 1.82) is 0 Å². The second-order valence-corrected chi connectivity index (χ2v) is 3.40. The number of aromatic hydroxyl groups is 1. The molecule has 1 aromatic carbocycles. The van der Waals surface area contributed by atoms with Crippen molar-refractivity contribution in [1.82, 2.24) is 5.32 Å². The number of hydrogen-bond acceptors (Lipinski definition) is 2. The molecule has 2 rings (SSSR count). The smallest absolute Gasteiger partial charge is 0.120 e. The molecule has 2 heteroatoms. The lowest BCUT2D eigenvalue weighted by atomic mass is 9.96. The molecular weight excluding hydrogens is 150 g/mol. The minimum Gasteiger partial charge on any atom is -0.508 e. The summed E-state index contributed by atoms with van der Waals surface area (Å²) < 4.78 is 0. The fourth-order valence-corrected chi connectivity index (χ4v) is 1.69. The number of nitrogens with one attached hydrogen (secondary N) is 1. The van der Waals surface area contributed by atoms with Crippen LogP contribution in [0, 0.1) is 0 Å². The Morgan fingerprint density at radius 1 is 1.50 bits per heavy atom. The molecule has 0 spiro atoms. The van der Waals surface area contributed by atoms with Crippen molar-refractivity contribution in [2.45, 2.75) is 25.9 Å². The van der Waals surface area contributed by atoms with Crippen molar-refractivity contribution < 1.29 is 5.11 Å². The third-order valence-corrected chi connectivity index (χ3v) is 2.40. The standard InChI is InChI=1S/C10H13NO/c1-7-5-8-3-2-4-10(12)9(8)6-11-7/h2-4,7,11-12H,5-6H2,1H3. The van der Waals surface area contributed by atoms with Crippen LogP contribution in [-0.4, -0.2) is 11.1 Å². The Morgan fingerprint density at radius 3 is 3.17 bits per heavy atom. The molecule has 1 aliphatic heterocycles. The van der Waals surface area contributed by atoms with Gasteiger partial charge in [-0.1, -0.05) is 12.1 Å². The average molecular weight is 163 g/mol. The van der Waals surface area contributed by atoms with Crippen LogP contribution < -0.4 is 5.32 Å². The summed E-state index contributed by atoms with van der Waals surface area (Å²) in [5.74, 6) is 0.423. The van der Waals surface area contributed by atoms with Gasteiger partial charge >= 0.3 is 0 Å². The molecule has 1 aromatic rings. The molecule has 0 saturated heterocycles. The summed E-state index contributed by atoms with van der Waals surface area (Å²) in [5, 5.41) is 12.8. The maximum absolute atomic E-state index is 9.50. The van der Waals surface area contributed by atoms with Crippen LogP contribution in [0.15, 0.2) is 18.2 Å². The quantitative estimate of drug-likeness (QED) is 0.606. The van der Waals surface area contributed by atoms with Gasteiger partial charge in [-0.15, -0.1) is 0 Å². The molecule has 1 atom stereocenters. The zero-order valence-corrected chi connectivity index (χ0v) is 7.17. The minimum absolute atomic E-state index is 0.423. The van der Waals surface area contributed by atoms with Crippen molar-refractivity contribution in [3.63, 3.8) is 0 Å². The van der Waals surface area contributed by atoms with Crippen molar-refractivity contribution in [3.8, 4) is 5.75 Å². The monoisotopic (exact) mass is 163 g/mol. The lowest BCUT2D eigenvalue weighted by Gasteiger charge is -2.23. The van der Waals surface area contributed by atoms with E-state index in [2.05, 4.69) is 18.3 Å². The molecular formula is C10H13NO. The number of phenolic OH excluding ortho intramolecular Hbond substituents is 1. The van der Waals surface area contributed by atoms with Crippen LogP contribution in [-0.2, 0) is 13.0 Å². The topological polar surface area (TPSA) is 32.3 Å². The Hall–Kier alpha value is -1.02. The minimum atomic E-state index is 0.423. The van der Waals surface area contributed by atoms with E-state index < -0.39 is 0 Å². The van der Waals surface area contributed by atoms with Gasteiger partial charge in [0.25, 0.3) is 0 Å². The third kappa shape index (κ3) is 1.18. The van der Waals surface area contributed by atoms with Crippen molar-refractivity contribution in [3.05, 3.63) is 29.3 Å². The summed E-state index contributed by atoms with van der Waals surface area (Å²) in [4.78, 5) is 0. The Morgan fingerprint density at radius 2 is 2.33 bits per heavy atom. The first-order chi connectivity index (χ1) is 5.77. The first-order valence-electron chi connectivity index (χ1n) is 4.30. The highest BCUT2D eigenvalue weighted by Crippen LogP contribution is 2.24. The predicted octanol–water partition coefficient (Wildman–Crippen LogP) is 1.43. The molecule has 0 radical (unpaired) electrons. The maximum Gasteiger partial charge on any atom is 0.120 e. The number of phenols is 1. The molecule has 0 saturated carbocycles. The molecule has 1 aliphatic rings. The van der Waals surface area contributed by atoms with Gasteiger partial charge in [0.05, 0.1) is 0 Å². The maximum atomic E-state index is 9.50. The molecule has 1 heterocycles. The van der Waals surface area contributed by atoms with Gasteiger partial charge in [-0.2, -0.15) is 0 Å². The number of hydrogen-bond donors (Lipinski definition) is 2. The van der Waals surface area contributed by atoms with E-state index >= 15 is 0 Å². The first kappa shape index (κ1) is 7.62. The van der Waals surface area contributed by atoms with Crippen LogP contribution in [0.3, 0.4) is 0 Å². The molecule has 64 valence electrons. The Balaban J connectivity index is 2.42. The van der Waals surface area contributed by atoms with Gasteiger partial charge in [0.15, 0.2) is 0 Å². The first-order valence-corrected chi connectivity index (χ1v) is 4.30. The number of fused-ring (bicyclic) bond motifs is 1. The molecule has 2 N–H and O–H groups in total. The molecule has 0 aromatic heterocycles. The van der Waals surface area contributed by atoms with Crippen LogP contribution in [0.25, 0.3) is 0 Å². The highest BCUT2D eigenvalue weighted by Gasteiger charge is 2.15. The van der Waals surface area contributed by atoms with Gasteiger partial charge in [-0.25, -0.2) is 0 Å². The van der Waals surface area contributed by atoms with E-state index in [1.165, 1.54) is 5.56 Å². The third-order valence-electron chi connectivity index (χ3n) is 2.40. The van der Waals surface area contributed by atoms with Gasteiger partial charge in [-0.3, -0.25) is 0 Å². The van der Waals surface area contributed by atoms with Gasteiger partial charge < -0.3 is 10.4 Å². The summed E-state index contributed by atoms with van der Waals surface area (Å²) in [6, 6.07) is 6.27. The Labute approximate surface area is 72.2 Å². The van der Waals surface area contributed by atoms with Gasteiger partial charge in [0, 0.05) is 18.2 Å². The summed E-state index contributed by atoms with van der Waals surface area (Å²) in [7, 11) is 0.